The summed E-state index contributed by atoms with van der Waals surface area (Å²) >= 11 is 5.90. The molecule has 1 atom stereocenters. The van der Waals surface area contributed by atoms with Crippen LogP contribution in [-0.2, 0) is 11.2 Å². The number of nitrogens with two attached hydrogens (primary N) is 1. The van der Waals surface area contributed by atoms with Crippen LogP contribution in [0.1, 0.15) is 31.2 Å². The lowest BCUT2D eigenvalue weighted by Crippen LogP contribution is -2.59. The third-order valence-corrected chi connectivity index (χ3v) is 4.93. The highest BCUT2D eigenvalue weighted by Gasteiger charge is 2.44. The number of benzene rings is 1. The van der Waals surface area contributed by atoms with Crippen LogP contribution in [-0.4, -0.2) is 29.4 Å². The molecule has 20 heavy (non-hydrogen) atoms. The normalized spacial score (nSPS) is 24.5. The second-order valence-corrected chi connectivity index (χ2v) is 6.68. The Bertz CT molecular complexity index is 496. The van der Waals surface area contributed by atoms with Gasteiger partial charge >= 0.3 is 0 Å². The van der Waals surface area contributed by atoms with Crippen LogP contribution < -0.4 is 5.73 Å². The van der Waals surface area contributed by atoms with Gasteiger partial charge in [0.25, 0.3) is 0 Å². The third kappa shape index (κ3) is 2.70. The summed E-state index contributed by atoms with van der Waals surface area (Å²) in [6.45, 7) is 1.70. The van der Waals surface area contributed by atoms with Gasteiger partial charge in [-0.05, 0) is 55.7 Å². The Labute approximate surface area is 125 Å². The van der Waals surface area contributed by atoms with E-state index in [-0.39, 0.29) is 5.91 Å². The van der Waals surface area contributed by atoms with Crippen LogP contribution in [0.3, 0.4) is 0 Å². The summed E-state index contributed by atoms with van der Waals surface area (Å²) in [5.74, 6) is 0.714. The zero-order chi connectivity index (χ0) is 14.2. The molecule has 1 heterocycles. The Balaban J connectivity index is 1.57. The van der Waals surface area contributed by atoms with E-state index in [1.807, 2.05) is 17.0 Å². The van der Waals surface area contributed by atoms with Gasteiger partial charge in [-0.25, -0.2) is 0 Å². The molecule has 2 aliphatic rings. The largest absolute Gasteiger partial charge is 0.341 e. The van der Waals surface area contributed by atoms with Crippen LogP contribution in [0.5, 0.6) is 0 Å². The van der Waals surface area contributed by atoms with E-state index in [1.165, 1.54) is 5.56 Å². The Kier molecular flexibility index (Phi) is 3.74. The Morgan fingerprint density at radius 3 is 2.65 bits per heavy atom. The molecule has 1 saturated carbocycles. The van der Waals surface area contributed by atoms with Crippen LogP contribution in [0, 0.1) is 5.92 Å². The molecule has 0 aromatic heterocycles. The first kappa shape index (κ1) is 13.9. The van der Waals surface area contributed by atoms with Crippen LogP contribution >= 0.6 is 11.6 Å². The highest BCUT2D eigenvalue weighted by molar-refractivity contribution is 6.30. The number of hydrogen-bond acceptors (Lipinski definition) is 2. The highest BCUT2D eigenvalue weighted by Crippen LogP contribution is 2.33. The van der Waals surface area contributed by atoms with Gasteiger partial charge < -0.3 is 10.6 Å². The summed E-state index contributed by atoms with van der Waals surface area (Å²) < 4.78 is 0. The minimum Gasteiger partial charge on any atom is -0.341 e. The van der Waals surface area contributed by atoms with E-state index in [4.69, 9.17) is 17.3 Å². The van der Waals surface area contributed by atoms with E-state index >= 15 is 0 Å². The van der Waals surface area contributed by atoms with Crippen molar-refractivity contribution in [3.05, 3.63) is 34.9 Å². The second kappa shape index (κ2) is 5.38. The molecule has 1 aromatic carbocycles. The van der Waals surface area contributed by atoms with Crippen molar-refractivity contribution in [3.8, 4) is 0 Å². The maximum atomic E-state index is 12.4. The van der Waals surface area contributed by atoms with Crippen molar-refractivity contribution in [2.45, 2.75) is 37.6 Å². The summed E-state index contributed by atoms with van der Waals surface area (Å²) in [4.78, 5) is 14.3. The van der Waals surface area contributed by atoms with E-state index in [2.05, 4.69) is 12.1 Å². The predicted octanol–water partition coefficient (Wildman–Crippen LogP) is 2.61. The zero-order valence-corrected chi connectivity index (χ0v) is 12.4. The summed E-state index contributed by atoms with van der Waals surface area (Å²) in [7, 11) is 0. The molecule has 4 heteroatoms. The molecule has 108 valence electrons. The summed E-state index contributed by atoms with van der Waals surface area (Å²) in [5, 5.41) is 0.770. The van der Waals surface area contributed by atoms with Crippen LogP contribution in [0.2, 0.25) is 5.02 Å². The number of nitrogens with zero attached hydrogens (tertiary/aromatic N) is 1. The van der Waals surface area contributed by atoms with Gasteiger partial charge in [0.1, 0.15) is 0 Å². The molecule has 1 saturated heterocycles. The quantitative estimate of drug-likeness (QED) is 0.931. The smallest absolute Gasteiger partial charge is 0.242 e. The van der Waals surface area contributed by atoms with Crippen LogP contribution in [0.4, 0.5) is 0 Å². The number of amides is 1. The zero-order valence-electron chi connectivity index (χ0n) is 11.6. The van der Waals surface area contributed by atoms with Gasteiger partial charge in [0, 0.05) is 18.1 Å². The average Bonchev–Trinajstić information content (AvgIpc) is 2.86. The fourth-order valence-corrected chi connectivity index (χ4v) is 3.35. The first-order chi connectivity index (χ1) is 9.57. The minimum atomic E-state index is -0.546. The van der Waals surface area contributed by atoms with Gasteiger partial charge in [-0.2, -0.15) is 0 Å². The number of hydrogen-bond donors (Lipinski definition) is 1. The SMILES string of the molecule is NC1(C(=O)N2CCC(Cc3ccc(Cl)cc3)C2)CCC1. The molecule has 0 bridgehead atoms. The average molecular weight is 293 g/mol. The van der Waals surface area contributed by atoms with Gasteiger partial charge in [-0.15, -0.1) is 0 Å². The van der Waals surface area contributed by atoms with Gasteiger partial charge in [-0.1, -0.05) is 23.7 Å². The maximum Gasteiger partial charge on any atom is 0.242 e. The van der Waals surface area contributed by atoms with Crippen molar-refractivity contribution in [2.75, 3.05) is 13.1 Å². The molecular formula is C16H21ClN2O. The molecule has 2 fully saturated rings. The Morgan fingerprint density at radius 2 is 2.05 bits per heavy atom. The molecule has 1 aliphatic carbocycles. The van der Waals surface area contributed by atoms with Gasteiger partial charge in [0.05, 0.1) is 5.54 Å². The first-order valence-corrected chi connectivity index (χ1v) is 7.77. The van der Waals surface area contributed by atoms with E-state index in [1.54, 1.807) is 0 Å². The van der Waals surface area contributed by atoms with Crippen LogP contribution in [0.15, 0.2) is 24.3 Å². The monoisotopic (exact) mass is 292 g/mol. The van der Waals surface area contributed by atoms with Crippen LogP contribution in [0.25, 0.3) is 0 Å². The molecule has 1 aromatic rings. The number of rotatable bonds is 3. The molecular weight excluding hydrogens is 272 g/mol. The molecule has 1 aliphatic heterocycles. The van der Waals surface area contributed by atoms with Gasteiger partial charge in [-0.3, -0.25) is 4.79 Å². The predicted molar refractivity (Wildman–Crippen MR) is 80.6 cm³/mol. The van der Waals surface area contributed by atoms with E-state index in [0.717, 1.165) is 50.2 Å². The lowest BCUT2D eigenvalue weighted by molar-refractivity contribution is -0.139. The molecule has 3 nitrogen and oxygen atoms in total. The molecule has 0 radical (unpaired) electrons. The van der Waals surface area contributed by atoms with E-state index in [0.29, 0.717) is 5.92 Å². The first-order valence-electron chi connectivity index (χ1n) is 7.39. The van der Waals surface area contributed by atoms with Crippen molar-refractivity contribution < 1.29 is 4.79 Å². The highest BCUT2D eigenvalue weighted by atomic mass is 35.5. The van der Waals surface area contributed by atoms with Crippen molar-refractivity contribution in [3.63, 3.8) is 0 Å². The molecule has 3 rings (SSSR count). The Morgan fingerprint density at radius 1 is 1.35 bits per heavy atom. The Hall–Kier alpha value is -1.06. The second-order valence-electron chi connectivity index (χ2n) is 6.25. The summed E-state index contributed by atoms with van der Waals surface area (Å²) in [6.07, 6.45) is 4.88. The van der Waals surface area contributed by atoms with E-state index < -0.39 is 5.54 Å². The lowest BCUT2D eigenvalue weighted by atomic mass is 9.76. The van der Waals surface area contributed by atoms with Crippen molar-refractivity contribution >= 4 is 17.5 Å². The number of carbonyl (C=O) groups is 1. The standard InChI is InChI=1S/C16H21ClN2O/c17-14-4-2-12(3-5-14)10-13-6-9-19(11-13)15(20)16(18)7-1-8-16/h2-5,13H,1,6-11,18H2. The number of carbonyl (C=O) groups excluding carboxylic acids is 1. The molecule has 0 spiro atoms. The lowest BCUT2D eigenvalue weighted by Gasteiger charge is -2.39. The van der Waals surface area contributed by atoms with Crippen molar-refractivity contribution in [1.82, 2.24) is 4.90 Å². The third-order valence-electron chi connectivity index (χ3n) is 4.68. The molecule has 1 amide bonds. The van der Waals surface area contributed by atoms with Crippen molar-refractivity contribution in [1.29, 1.82) is 0 Å². The number of likely N-dealkylation sites (tertiary alicyclic amines) is 1. The van der Waals surface area contributed by atoms with E-state index in [9.17, 15) is 4.79 Å². The van der Waals surface area contributed by atoms with Gasteiger partial charge in [0.2, 0.25) is 5.91 Å². The topological polar surface area (TPSA) is 46.3 Å². The maximum absolute atomic E-state index is 12.4. The number of halogens is 1. The minimum absolute atomic E-state index is 0.169. The molecule has 2 N–H and O–H groups in total. The summed E-state index contributed by atoms with van der Waals surface area (Å²) in [5.41, 5.74) is 6.88. The molecule has 1 unspecified atom stereocenters. The van der Waals surface area contributed by atoms with Gasteiger partial charge in [0.15, 0.2) is 0 Å². The fraction of sp³-hybridized carbons (Fsp3) is 0.562. The fourth-order valence-electron chi connectivity index (χ4n) is 3.22. The summed E-state index contributed by atoms with van der Waals surface area (Å²) in [6, 6.07) is 8.00. The van der Waals surface area contributed by atoms with Crippen molar-refractivity contribution in [2.24, 2.45) is 11.7 Å².